The van der Waals surface area contributed by atoms with E-state index in [1.54, 1.807) is 0 Å². The molecule has 0 aliphatic carbocycles. The van der Waals surface area contributed by atoms with E-state index in [9.17, 15) is 9.90 Å². The number of aliphatic hydroxyl groups excluding tert-OH is 1. The first-order chi connectivity index (χ1) is 15.2. The summed E-state index contributed by atoms with van der Waals surface area (Å²) in [6.45, 7) is 1.48. The van der Waals surface area contributed by atoms with E-state index in [1.165, 1.54) is 12.4 Å². The largest absolute Gasteiger partial charge is 0.394 e. The summed E-state index contributed by atoms with van der Waals surface area (Å²) in [4.78, 5) is 31.9. The van der Waals surface area contributed by atoms with E-state index >= 15 is 0 Å². The molecule has 0 radical (unpaired) electrons. The first-order valence-electron chi connectivity index (χ1n) is 10.1. The number of carbonyl (C=O) groups excluding carboxylic acids is 1. The fourth-order valence-corrected chi connectivity index (χ4v) is 3.48. The molecule has 4 rings (SSSR count). The van der Waals surface area contributed by atoms with E-state index in [0.717, 1.165) is 24.9 Å². The van der Waals surface area contributed by atoms with Crippen molar-refractivity contribution in [1.29, 1.82) is 0 Å². The van der Waals surface area contributed by atoms with Crippen LogP contribution in [0.2, 0.25) is 0 Å². The number of hydrogen-bond acceptors (Lipinski definition) is 8. The highest BCUT2D eigenvalue weighted by atomic mass is 16.3. The van der Waals surface area contributed by atoms with Gasteiger partial charge in [-0.15, -0.1) is 0 Å². The lowest BCUT2D eigenvalue weighted by molar-refractivity contribution is 0.0950. The number of anilines is 2. The number of aromatic nitrogens is 4. The lowest BCUT2D eigenvalue weighted by Gasteiger charge is -2.24. The van der Waals surface area contributed by atoms with Gasteiger partial charge in [0.25, 0.3) is 5.91 Å². The van der Waals surface area contributed by atoms with Gasteiger partial charge in [-0.05, 0) is 24.5 Å². The minimum absolute atomic E-state index is 0.00932. The minimum Gasteiger partial charge on any atom is -0.394 e. The van der Waals surface area contributed by atoms with E-state index in [2.05, 4.69) is 42.8 Å². The van der Waals surface area contributed by atoms with Gasteiger partial charge in [0.05, 0.1) is 25.4 Å². The third-order valence-corrected chi connectivity index (χ3v) is 5.10. The number of rotatable bonds is 8. The van der Waals surface area contributed by atoms with Crippen LogP contribution in [-0.4, -0.2) is 50.1 Å². The van der Waals surface area contributed by atoms with Crippen molar-refractivity contribution in [2.45, 2.75) is 32.0 Å². The Balaban J connectivity index is 1.55. The Hall–Kier alpha value is -3.77. The number of hydrogen-bond donors (Lipinski definition) is 3. The molecule has 0 bridgehead atoms. The van der Waals surface area contributed by atoms with Gasteiger partial charge in [0.2, 0.25) is 5.95 Å². The summed E-state index contributed by atoms with van der Waals surface area (Å²) < 4.78 is 0. The van der Waals surface area contributed by atoms with E-state index in [1.807, 2.05) is 35.2 Å². The Kier molecular flexibility index (Phi) is 6.50. The molecule has 1 fully saturated rings. The molecule has 9 nitrogen and oxygen atoms in total. The van der Waals surface area contributed by atoms with Crippen molar-refractivity contribution in [2.24, 2.45) is 0 Å². The number of carbonyl (C=O) groups is 1. The van der Waals surface area contributed by atoms with E-state index in [0.29, 0.717) is 29.7 Å². The lowest BCUT2D eigenvalue weighted by atomic mass is 10.2. The highest BCUT2D eigenvalue weighted by Gasteiger charge is 2.27. The van der Waals surface area contributed by atoms with Gasteiger partial charge in [0.1, 0.15) is 11.4 Å². The number of benzene rings is 1. The monoisotopic (exact) mass is 417 g/mol. The molecule has 1 unspecified atom stereocenters. The van der Waals surface area contributed by atoms with Gasteiger partial charge in [0, 0.05) is 25.5 Å². The first kappa shape index (κ1) is 20.5. The van der Waals surface area contributed by atoms with Crippen LogP contribution in [0.1, 0.15) is 34.6 Å². The van der Waals surface area contributed by atoms with Crippen LogP contribution in [-0.2, 0) is 13.1 Å². The predicted octanol–water partition coefficient (Wildman–Crippen LogP) is 1.37. The summed E-state index contributed by atoms with van der Waals surface area (Å²) >= 11 is 0. The molecular formula is C22H23N7O2. The standard InChI is InChI=1S/C22H23N7O2/c30-15-17-8-4-11-29(17)22-27-13-18(21(31)26-14-19-23-9-5-10-24-19)20(28-22)25-12-16-6-2-1-3-7-16/h1-3,6-7,9,13,17,30H,4,8,11-12,14-15H2,(H,26,31)(H,25,27,28). The summed E-state index contributed by atoms with van der Waals surface area (Å²) in [5.74, 6) is 1.04. The number of aliphatic hydroxyl groups is 1. The van der Waals surface area contributed by atoms with Crippen molar-refractivity contribution in [3.8, 4) is 0 Å². The van der Waals surface area contributed by atoms with Crippen LogP contribution in [0.3, 0.4) is 0 Å². The van der Waals surface area contributed by atoms with E-state index < -0.39 is 0 Å². The minimum atomic E-state index is -0.335. The van der Waals surface area contributed by atoms with Crippen LogP contribution in [0.5, 0.6) is 0 Å². The van der Waals surface area contributed by atoms with Gasteiger partial charge in [-0.2, -0.15) is 9.97 Å². The SMILES string of the molecule is O=C(NCc1nc#ccn1)c1cnc(N2CCCC2CO)nc1NCc1ccccc1. The van der Waals surface area contributed by atoms with Crippen LogP contribution >= 0.6 is 0 Å². The van der Waals surface area contributed by atoms with Crippen LogP contribution in [0, 0.1) is 12.3 Å². The van der Waals surface area contributed by atoms with Crippen molar-refractivity contribution in [1.82, 2.24) is 25.3 Å². The summed E-state index contributed by atoms with van der Waals surface area (Å²) in [6.07, 6.45) is 7.40. The maximum Gasteiger partial charge on any atom is 0.256 e. The average Bonchev–Trinajstić information content (AvgIpc) is 3.31. The van der Waals surface area contributed by atoms with Crippen molar-refractivity contribution >= 4 is 17.7 Å². The molecule has 3 heterocycles. The highest BCUT2D eigenvalue weighted by Crippen LogP contribution is 2.24. The second kappa shape index (κ2) is 9.82. The zero-order valence-corrected chi connectivity index (χ0v) is 17.0. The van der Waals surface area contributed by atoms with Crippen molar-refractivity contribution < 1.29 is 9.90 Å². The molecule has 9 heteroatoms. The summed E-state index contributed by atoms with van der Waals surface area (Å²) in [5.41, 5.74) is 1.39. The molecule has 1 atom stereocenters. The van der Waals surface area contributed by atoms with Crippen molar-refractivity contribution in [2.75, 3.05) is 23.4 Å². The second-order valence-corrected chi connectivity index (χ2v) is 7.17. The van der Waals surface area contributed by atoms with Gasteiger partial charge in [0.15, 0.2) is 5.82 Å². The molecule has 158 valence electrons. The fourth-order valence-electron chi connectivity index (χ4n) is 3.48. The molecule has 1 amide bonds. The molecule has 0 saturated carbocycles. The molecule has 3 N–H and O–H groups in total. The van der Waals surface area contributed by atoms with Gasteiger partial charge < -0.3 is 20.6 Å². The van der Waals surface area contributed by atoms with Crippen LogP contribution in [0.15, 0.2) is 42.7 Å². The van der Waals surface area contributed by atoms with Crippen LogP contribution < -0.4 is 15.5 Å². The third kappa shape index (κ3) is 5.05. The first-order valence-corrected chi connectivity index (χ1v) is 10.1. The predicted molar refractivity (Wildman–Crippen MR) is 114 cm³/mol. The normalized spacial score (nSPS) is 15.4. The summed E-state index contributed by atoms with van der Waals surface area (Å²) in [5, 5.41) is 15.7. The van der Waals surface area contributed by atoms with E-state index in [4.69, 9.17) is 0 Å². The quantitative estimate of drug-likeness (QED) is 0.503. The molecular weight excluding hydrogens is 394 g/mol. The Morgan fingerprint density at radius 2 is 2.10 bits per heavy atom. The van der Waals surface area contributed by atoms with Gasteiger partial charge >= 0.3 is 0 Å². The van der Waals surface area contributed by atoms with E-state index in [-0.39, 0.29) is 25.1 Å². The van der Waals surface area contributed by atoms with Gasteiger partial charge in [-0.1, -0.05) is 30.3 Å². The zero-order valence-electron chi connectivity index (χ0n) is 17.0. The van der Waals surface area contributed by atoms with Crippen molar-refractivity contribution in [3.63, 3.8) is 0 Å². The maximum atomic E-state index is 12.8. The lowest BCUT2D eigenvalue weighted by Crippen LogP contribution is -2.34. The number of amides is 1. The maximum absolute atomic E-state index is 12.8. The smallest absolute Gasteiger partial charge is 0.256 e. The number of nitrogens with one attached hydrogen (secondary N) is 2. The van der Waals surface area contributed by atoms with Gasteiger partial charge in [-0.3, -0.25) is 4.79 Å². The van der Waals surface area contributed by atoms with Crippen LogP contribution in [0.4, 0.5) is 11.8 Å². The molecule has 31 heavy (non-hydrogen) atoms. The average molecular weight is 417 g/mol. The molecule has 1 aromatic carbocycles. The Bertz CT molecular complexity index is 1000. The van der Waals surface area contributed by atoms with Crippen LogP contribution in [0.25, 0.3) is 0 Å². The molecule has 0 spiro atoms. The topological polar surface area (TPSA) is 116 Å². The molecule has 2 aromatic heterocycles. The molecule has 3 aromatic rings. The Morgan fingerprint density at radius 3 is 2.87 bits per heavy atom. The highest BCUT2D eigenvalue weighted by molar-refractivity contribution is 5.98. The number of nitrogens with zero attached hydrogens (tertiary/aromatic N) is 5. The summed E-state index contributed by atoms with van der Waals surface area (Å²) in [6, 6.07) is 12.5. The molecule has 1 aliphatic heterocycles. The summed E-state index contributed by atoms with van der Waals surface area (Å²) in [7, 11) is 0. The third-order valence-electron chi connectivity index (χ3n) is 5.10. The Labute approximate surface area is 180 Å². The molecule has 1 saturated heterocycles. The van der Waals surface area contributed by atoms with Crippen molar-refractivity contribution in [3.05, 3.63) is 71.9 Å². The second-order valence-electron chi connectivity index (χ2n) is 7.17. The molecule has 1 aliphatic rings. The Morgan fingerprint density at radius 1 is 1.23 bits per heavy atom. The van der Waals surface area contributed by atoms with Gasteiger partial charge in [-0.25, -0.2) is 9.97 Å². The zero-order chi connectivity index (χ0) is 21.5. The fraction of sp³-hybridized carbons (Fsp3) is 0.318.